The molecule has 3 aromatic heterocycles. The summed E-state index contributed by atoms with van der Waals surface area (Å²) >= 11 is 0. The lowest BCUT2D eigenvalue weighted by Gasteiger charge is -2.09. The van der Waals surface area contributed by atoms with Gasteiger partial charge in [0.25, 0.3) is 0 Å². The van der Waals surface area contributed by atoms with Gasteiger partial charge in [0.05, 0.1) is 17.9 Å². The molecule has 6 nitrogen and oxygen atoms in total. The summed E-state index contributed by atoms with van der Waals surface area (Å²) in [5.41, 5.74) is 2.72. The van der Waals surface area contributed by atoms with Crippen molar-refractivity contribution in [1.82, 2.24) is 19.9 Å². The fourth-order valence-corrected chi connectivity index (χ4v) is 2.00. The van der Waals surface area contributed by atoms with Gasteiger partial charge in [0.2, 0.25) is 5.95 Å². The van der Waals surface area contributed by atoms with Gasteiger partial charge in [-0.2, -0.15) is 4.98 Å². The molecule has 3 rings (SSSR count). The first-order chi connectivity index (χ1) is 10.8. The second kappa shape index (κ2) is 6.62. The van der Waals surface area contributed by atoms with Crippen LogP contribution in [0.5, 0.6) is 0 Å². The molecule has 3 heterocycles. The molecule has 0 saturated heterocycles. The Morgan fingerprint density at radius 3 is 2.73 bits per heavy atom. The van der Waals surface area contributed by atoms with Crippen molar-refractivity contribution >= 4 is 11.8 Å². The smallest absolute Gasteiger partial charge is 0.224 e. The zero-order valence-electron chi connectivity index (χ0n) is 12.2. The van der Waals surface area contributed by atoms with Crippen LogP contribution in [0.25, 0.3) is 11.3 Å². The molecule has 0 bridgehead atoms. The number of hydrogen-bond acceptors (Lipinski definition) is 6. The molecule has 0 fully saturated rings. The monoisotopic (exact) mass is 292 g/mol. The summed E-state index contributed by atoms with van der Waals surface area (Å²) in [6.07, 6.45) is 5.30. The van der Waals surface area contributed by atoms with Gasteiger partial charge in [0.1, 0.15) is 5.82 Å². The van der Waals surface area contributed by atoms with E-state index in [0.29, 0.717) is 12.5 Å². The molecule has 22 heavy (non-hydrogen) atoms. The third-order valence-electron chi connectivity index (χ3n) is 3.08. The van der Waals surface area contributed by atoms with Gasteiger partial charge in [-0.05, 0) is 24.3 Å². The van der Waals surface area contributed by atoms with E-state index in [1.165, 1.54) is 0 Å². The van der Waals surface area contributed by atoms with Gasteiger partial charge in [-0.1, -0.05) is 6.07 Å². The molecule has 6 heteroatoms. The van der Waals surface area contributed by atoms with Crippen LogP contribution in [0.1, 0.15) is 5.69 Å². The normalized spacial score (nSPS) is 10.2. The molecular weight excluding hydrogens is 276 g/mol. The Hall–Kier alpha value is -3.02. The minimum Gasteiger partial charge on any atom is -0.364 e. The summed E-state index contributed by atoms with van der Waals surface area (Å²) < 4.78 is 0. The maximum atomic E-state index is 4.46. The van der Waals surface area contributed by atoms with Crippen molar-refractivity contribution in [3.8, 4) is 11.3 Å². The molecule has 0 amide bonds. The topological polar surface area (TPSA) is 75.6 Å². The summed E-state index contributed by atoms with van der Waals surface area (Å²) in [5.74, 6) is 1.30. The standard InChI is InChI=1S/C16H16N6/c1-17-16-21-14(12-5-4-7-18-10-12)9-15(22-16)20-11-13-6-2-3-8-19-13/h2-10H,11H2,1H3,(H2,17,20,21,22). The van der Waals surface area contributed by atoms with E-state index in [1.807, 2.05) is 36.4 Å². The van der Waals surface area contributed by atoms with E-state index in [-0.39, 0.29) is 0 Å². The molecule has 0 aromatic carbocycles. The number of pyridine rings is 2. The Kier molecular flexibility index (Phi) is 4.20. The molecule has 0 aliphatic rings. The largest absolute Gasteiger partial charge is 0.364 e. The molecule has 0 radical (unpaired) electrons. The van der Waals surface area contributed by atoms with E-state index in [1.54, 1.807) is 25.6 Å². The fourth-order valence-electron chi connectivity index (χ4n) is 2.00. The minimum atomic E-state index is 0.560. The highest BCUT2D eigenvalue weighted by Gasteiger charge is 2.06. The van der Waals surface area contributed by atoms with Gasteiger partial charge in [-0.15, -0.1) is 0 Å². The van der Waals surface area contributed by atoms with Crippen LogP contribution in [-0.4, -0.2) is 27.0 Å². The van der Waals surface area contributed by atoms with E-state index in [4.69, 9.17) is 0 Å². The number of hydrogen-bond donors (Lipinski definition) is 2. The third-order valence-corrected chi connectivity index (χ3v) is 3.08. The Balaban J connectivity index is 1.85. The Bertz CT molecular complexity index is 730. The second-order valence-electron chi connectivity index (χ2n) is 4.63. The van der Waals surface area contributed by atoms with Crippen LogP contribution >= 0.6 is 0 Å². The van der Waals surface area contributed by atoms with Crippen molar-refractivity contribution in [3.05, 3.63) is 60.7 Å². The Morgan fingerprint density at radius 2 is 2.00 bits per heavy atom. The van der Waals surface area contributed by atoms with Crippen molar-refractivity contribution in [3.63, 3.8) is 0 Å². The van der Waals surface area contributed by atoms with Crippen LogP contribution < -0.4 is 10.6 Å². The van der Waals surface area contributed by atoms with Gasteiger partial charge >= 0.3 is 0 Å². The minimum absolute atomic E-state index is 0.560. The highest BCUT2D eigenvalue weighted by Crippen LogP contribution is 2.20. The summed E-state index contributed by atoms with van der Waals surface area (Å²) in [7, 11) is 1.80. The highest BCUT2D eigenvalue weighted by atomic mass is 15.1. The van der Waals surface area contributed by atoms with E-state index in [0.717, 1.165) is 22.8 Å². The van der Waals surface area contributed by atoms with Crippen LogP contribution in [0.3, 0.4) is 0 Å². The maximum Gasteiger partial charge on any atom is 0.224 e. The lowest BCUT2D eigenvalue weighted by molar-refractivity contribution is 1.02. The van der Waals surface area contributed by atoms with Gasteiger partial charge in [0.15, 0.2) is 0 Å². The van der Waals surface area contributed by atoms with Crippen LogP contribution in [-0.2, 0) is 6.54 Å². The molecule has 2 N–H and O–H groups in total. The van der Waals surface area contributed by atoms with Crippen LogP contribution in [0.15, 0.2) is 55.0 Å². The summed E-state index contributed by atoms with van der Waals surface area (Å²) in [6, 6.07) is 11.6. The first-order valence-electron chi connectivity index (χ1n) is 6.96. The van der Waals surface area contributed by atoms with Crippen LogP contribution in [0, 0.1) is 0 Å². The summed E-state index contributed by atoms with van der Waals surface area (Å²) in [6.45, 7) is 0.605. The predicted octanol–water partition coefficient (Wildman–Crippen LogP) is 2.59. The molecule has 110 valence electrons. The second-order valence-corrected chi connectivity index (χ2v) is 4.63. The zero-order valence-corrected chi connectivity index (χ0v) is 12.2. The lowest BCUT2D eigenvalue weighted by atomic mass is 10.2. The summed E-state index contributed by atoms with van der Waals surface area (Å²) in [4.78, 5) is 17.3. The Morgan fingerprint density at radius 1 is 1.05 bits per heavy atom. The molecule has 0 spiro atoms. The molecule has 0 aliphatic carbocycles. The number of rotatable bonds is 5. The van der Waals surface area contributed by atoms with Gasteiger partial charge < -0.3 is 10.6 Å². The summed E-state index contributed by atoms with van der Waals surface area (Å²) in [5, 5.41) is 6.25. The number of aromatic nitrogens is 4. The van der Waals surface area contributed by atoms with Gasteiger partial charge in [0, 0.05) is 37.3 Å². The van der Waals surface area contributed by atoms with Crippen molar-refractivity contribution in [2.24, 2.45) is 0 Å². The van der Waals surface area contributed by atoms with Crippen molar-refractivity contribution in [1.29, 1.82) is 0 Å². The van der Waals surface area contributed by atoms with Crippen molar-refractivity contribution < 1.29 is 0 Å². The lowest BCUT2D eigenvalue weighted by Crippen LogP contribution is -2.06. The van der Waals surface area contributed by atoms with Gasteiger partial charge in [-0.25, -0.2) is 4.98 Å². The first kappa shape index (κ1) is 13.9. The highest BCUT2D eigenvalue weighted by molar-refractivity contribution is 5.63. The van der Waals surface area contributed by atoms with E-state index < -0.39 is 0 Å². The number of nitrogens with zero attached hydrogens (tertiary/aromatic N) is 4. The van der Waals surface area contributed by atoms with Crippen LogP contribution in [0.2, 0.25) is 0 Å². The molecule has 3 aromatic rings. The predicted molar refractivity (Wildman–Crippen MR) is 86.4 cm³/mol. The molecule has 0 atom stereocenters. The first-order valence-corrected chi connectivity index (χ1v) is 6.96. The maximum absolute atomic E-state index is 4.46. The Labute approximate surface area is 128 Å². The van der Waals surface area contributed by atoms with Crippen molar-refractivity contribution in [2.45, 2.75) is 6.54 Å². The fraction of sp³-hybridized carbons (Fsp3) is 0.125. The molecule has 0 unspecified atom stereocenters. The van der Waals surface area contributed by atoms with Gasteiger partial charge in [-0.3, -0.25) is 9.97 Å². The van der Waals surface area contributed by atoms with E-state index in [9.17, 15) is 0 Å². The van der Waals surface area contributed by atoms with E-state index >= 15 is 0 Å². The number of nitrogens with one attached hydrogen (secondary N) is 2. The number of anilines is 2. The average Bonchev–Trinajstić information content (AvgIpc) is 2.61. The zero-order chi connectivity index (χ0) is 15.2. The van der Waals surface area contributed by atoms with Crippen LogP contribution in [0.4, 0.5) is 11.8 Å². The van der Waals surface area contributed by atoms with E-state index in [2.05, 4.69) is 30.6 Å². The third kappa shape index (κ3) is 3.35. The molecule has 0 saturated carbocycles. The van der Waals surface area contributed by atoms with Crippen molar-refractivity contribution in [2.75, 3.05) is 17.7 Å². The molecular formula is C16H16N6. The SMILES string of the molecule is CNc1nc(NCc2ccccn2)cc(-c2cccnc2)n1. The quantitative estimate of drug-likeness (QED) is 0.753. The molecule has 0 aliphatic heterocycles. The average molecular weight is 292 g/mol.